The number of fused-ring (bicyclic) bond motifs is 1. The summed E-state index contributed by atoms with van der Waals surface area (Å²) in [6.07, 6.45) is 7.23. The Kier molecular flexibility index (Phi) is 4.74. The van der Waals surface area contributed by atoms with E-state index in [1.165, 1.54) is 12.1 Å². The van der Waals surface area contributed by atoms with Crippen LogP contribution in [0.2, 0.25) is 0 Å². The molecule has 1 fully saturated rings. The van der Waals surface area contributed by atoms with E-state index in [4.69, 9.17) is 4.98 Å². The van der Waals surface area contributed by atoms with E-state index in [2.05, 4.69) is 10.3 Å². The Bertz CT molecular complexity index is 1210. The topological polar surface area (TPSA) is 67.5 Å². The zero-order valence-corrected chi connectivity index (χ0v) is 17.3. The largest absolute Gasteiger partial charge is 0.340 e. The van der Waals surface area contributed by atoms with E-state index < -0.39 is 0 Å². The molecule has 1 atom stereocenters. The number of amides is 1. The Hall–Kier alpha value is -3.20. The van der Waals surface area contributed by atoms with Gasteiger partial charge >= 0.3 is 0 Å². The standard InChI is InChI=1S/C21H21FN6OS/c1-26-12-17(23-13-26)19(29)27-7-3-4-14(11-27)18-20-28(8-9-30-20)21(25-18)24-16-6-2-5-15(22)10-16/h2,5-6,8-10,12-14H,3-4,7,11H2,1H3,(H,24,25). The molecule has 4 aromatic rings. The number of aryl methyl sites for hydroxylation is 1. The molecule has 0 saturated carbocycles. The van der Waals surface area contributed by atoms with Crippen LogP contribution in [-0.4, -0.2) is 42.8 Å². The molecule has 1 aliphatic rings. The first kappa shape index (κ1) is 18.8. The summed E-state index contributed by atoms with van der Waals surface area (Å²) in [6, 6.07) is 6.34. The maximum atomic E-state index is 13.6. The van der Waals surface area contributed by atoms with Crippen molar-refractivity contribution < 1.29 is 9.18 Å². The second-order valence-corrected chi connectivity index (χ2v) is 8.44. The van der Waals surface area contributed by atoms with Crippen molar-refractivity contribution in [3.63, 3.8) is 0 Å². The molecule has 154 valence electrons. The summed E-state index contributed by atoms with van der Waals surface area (Å²) in [4.78, 5) is 24.8. The van der Waals surface area contributed by atoms with Gasteiger partial charge in [0.2, 0.25) is 5.95 Å². The molecule has 1 amide bonds. The number of nitrogens with zero attached hydrogens (tertiary/aromatic N) is 5. The summed E-state index contributed by atoms with van der Waals surface area (Å²) in [5.41, 5.74) is 2.09. The molecule has 0 bridgehead atoms. The molecule has 0 aliphatic carbocycles. The van der Waals surface area contributed by atoms with E-state index >= 15 is 0 Å². The lowest BCUT2D eigenvalue weighted by atomic mass is 9.95. The number of nitrogens with one attached hydrogen (secondary N) is 1. The molecule has 1 unspecified atom stereocenters. The number of likely N-dealkylation sites (tertiary alicyclic amines) is 1. The first-order valence-electron chi connectivity index (χ1n) is 9.84. The predicted octanol–water partition coefficient (Wildman–Crippen LogP) is 4.03. The van der Waals surface area contributed by atoms with Crippen molar-refractivity contribution in [1.29, 1.82) is 0 Å². The highest BCUT2D eigenvalue weighted by molar-refractivity contribution is 7.15. The van der Waals surface area contributed by atoms with E-state index in [0.29, 0.717) is 23.9 Å². The SMILES string of the molecule is Cn1cnc(C(=O)N2CCCC(c3nc(Nc4cccc(F)c4)n4ccsc34)C2)c1. The molecule has 9 heteroatoms. The van der Waals surface area contributed by atoms with Crippen molar-refractivity contribution in [2.24, 2.45) is 7.05 Å². The number of hydrogen-bond acceptors (Lipinski definition) is 5. The van der Waals surface area contributed by atoms with Crippen LogP contribution in [0, 0.1) is 5.82 Å². The summed E-state index contributed by atoms with van der Waals surface area (Å²) in [6.45, 7) is 1.33. The first-order chi connectivity index (χ1) is 14.6. The fourth-order valence-corrected chi connectivity index (χ4v) is 4.87. The van der Waals surface area contributed by atoms with E-state index in [-0.39, 0.29) is 17.6 Å². The van der Waals surface area contributed by atoms with Gasteiger partial charge in [-0.25, -0.2) is 14.4 Å². The van der Waals surface area contributed by atoms with Crippen LogP contribution in [0.3, 0.4) is 0 Å². The minimum atomic E-state index is -0.297. The number of carbonyl (C=O) groups excluding carboxylic acids is 1. The molecular weight excluding hydrogens is 403 g/mol. The van der Waals surface area contributed by atoms with Crippen LogP contribution in [0.5, 0.6) is 0 Å². The van der Waals surface area contributed by atoms with Gasteiger partial charge in [0.15, 0.2) is 0 Å². The molecule has 7 nitrogen and oxygen atoms in total. The zero-order chi connectivity index (χ0) is 20.7. The number of imidazole rings is 2. The number of anilines is 2. The molecule has 30 heavy (non-hydrogen) atoms. The molecule has 0 radical (unpaired) electrons. The fraction of sp³-hybridized carbons (Fsp3) is 0.286. The third kappa shape index (κ3) is 3.45. The van der Waals surface area contributed by atoms with E-state index in [1.54, 1.807) is 34.5 Å². The minimum absolute atomic E-state index is 0.0416. The van der Waals surface area contributed by atoms with Gasteiger partial charge in [0.05, 0.1) is 12.0 Å². The quantitative estimate of drug-likeness (QED) is 0.537. The number of rotatable bonds is 4. The lowest BCUT2D eigenvalue weighted by molar-refractivity contribution is 0.0701. The monoisotopic (exact) mass is 424 g/mol. The second-order valence-electron chi connectivity index (χ2n) is 7.55. The van der Waals surface area contributed by atoms with Crippen LogP contribution < -0.4 is 5.32 Å². The van der Waals surface area contributed by atoms with E-state index in [1.807, 2.05) is 34.0 Å². The number of carbonyl (C=O) groups is 1. The van der Waals surface area contributed by atoms with Crippen molar-refractivity contribution in [1.82, 2.24) is 23.8 Å². The predicted molar refractivity (Wildman–Crippen MR) is 114 cm³/mol. The Morgan fingerprint density at radius 1 is 1.37 bits per heavy atom. The fourth-order valence-electron chi connectivity index (χ4n) is 3.97. The Morgan fingerprint density at radius 3 is 3.07 bits per heavy atom. The first-order valence-corrected chi connectivity index (χ1v) is 10.7. The highest BCUT2D eigenvalue weighted by atomic mass is 32.1. The van der Waals surface area contributed by atoms with Crippen molar-refractivity contribution in [2.45, 2.75) is 18.8 Å². The van der Waals surface area contributed by atoms with E-state index in [0.717, 1.165) is 29.9 Å². The van der Waals surface area contributed by atoms with Gasteiger partial charge in [0.1, 0.15) is 16.3 Å². The number of halogens is 1. The number of hydrogen-bond donors (Lipinski definition) is 1. The van der Waals surface area contributed by atoms with Crippen molar-refractivity contribution >= 4 is 33.7 Å². The molecule has 1 aromatic carbocycles. The van der Waals surface area contributed by atoms with Gasteiger partial charge in [-0.1, -0.05) is 6.07 Å². The highest BCUT2D eigenvalue weighted by Crippen LogP contribution is 2.34. The molecule has 5 rings (SSSR count). The number of piperidine rings is 1. The Labute approximate surface area is 176 Å². The van der Waals surface area contributed by atoms with Crippen molar-refractivity contribution in [2.75, 3.05) is 18.4 Å². The van der Waals surface area contributed by atoms with Gasteiger partial charge in [-0.2, -0.15) is 0 Å². The van der Waals surface area contributed by atoms with Gasteiger partial charge in [-0.3, -0.25) is 9.20 Å². The molecular formula is C21H21FN6OS. The number of thiazole rings is 1. The van der Waals surface area contributed by atoms with Crippen LogP contribution >= 0.6 is 11.3 Å². The summed E-state index contributed by atoms with van der Waals surface area (Å²) >= 11 is 1.62. The second kappa shape index (κ2) is 7.56. The molecule has 0 spiro atoms. The van der Waals surface area contributed by atoms with Crippen LogP contribution in [0.4, 0.5) is 16.0 Å². The number of benzene rings is 1. The van der Waals surface area contributed by atoms with Crippen molar-refractivity contribution in [3.8, 4) is 0 Å². The average Bonchev–Trinajstić information content (AvgIpc) is 3.46. The highest BCUT2D eigenvalue weighted by Gasteiger charge is 2.30. The molecule has 1 aliphatic heterocycles. The molecule has 1 N–H and O–H groups in total. The smallest absolute Gasteiger partial charge is 0.274 e. The van der Waals surface area contributed by atoms with Crippen LogP contribution in [0.15, 0.2) is 48.4 Å². The summed E-state index contributed by atoms with van der Waals surface area (Å²) in [5, 5.41) is 5.23. The van der Waals surface area contributed by atoms with Gasteiger partial charge < -0.3 is 14.8 Å². The maximum Gasteiger partial charge on any atom is 0.274 e. The van der Waals surface area contributed by atoms with Gasteiger partial charge in [0, 0.05) is 49.5 Å². The lowest BCUT2D eigenvalue weighted by Crippen LogP contribution is -2.39. The summed E-state index contributed by atoms with van der Waals surface area (Å²) in [5.74, 6) is 0.456. The zero-order valence-electron chi connectivity index (χ0n) is 16.5. The van der Waals surface area contributed by atoms with Gasteiger partial charge in [0.25, 0.3) is 5.91 Å². The summed E-state index contributed by atoms with van der Waals surface area (Å²) < 4.78 is 17.3. The average molecular weight is 425 g/mol. The third-order valence-corrected chi connectivity index (χ3v) is 6.27. The Balaban J connectivity index is 1.41. The lowest BCUT2D eigenvalue weighted by Gasteiger charge is -2.31. The van der Waals surface area contributed by atoms with Crippen LogP contribution in [-0.2, 0) is 7.05 Å². The minimum Gasteiger partial charge on any atom is -0.340 e. The molecule has 4 heterocycles. The molecule has 1 saturated heterocycles. The normalized spacial score (nSPS) is 16.9. The third-order valence-electron chi connectivity index (χ3n) is 5.38. The number of aromatic nitrogens is 4. The van der Waals surface area contributed by atoms with Crippen molar-refractivity contribution in [3.05, 3.63) is 65.6 Å². The van der Waals surface area contributed by atoms with Gasteiger partial charge in [-0.15, -0.1) is 11.3 Å². The molecule has 3 aromatic heterocycles. The summed E-state index contributed by atoms with van der Waals surface area (Å²) in [7, 11) is 1.86. The van der Waals surface area contributed by atoms with E-state index in [9.17, 15) is 9.18 Å². The Morgan fingerprint density at radius 2 is 2.27 bits per heavy atom. The van der Waals surface area contributed by atoms with Crippen LogP contribution in [0.25, 0.3) is 4.83 Å². The van der Waals surface area contributed by atoms with Gasteiger partial charge in [-0.05, 0) is 31.0 Å². The maximum absolute atomic E-state index is 13.6. The van der Waals surface area contributed by atoms with Crippen LogP contribution in [0.1, 0.15) is 34.9 Å².